The molecule has 1 aromatic rings. The van der Waals surface area contributed by atoms with E-state index in [4.69, 9.17) is 0 Å². The minimum atomic E-state index is -3.14. The molecule has 140 valence electrons. The van der Waals surface area contributed by atoms with Crippen LogP contribution >= 0.6 is 35.3 Å². The van der Waals surface area contributed by atoms with Crippen molar-refractivity contribution in [3.05, 3.63) is 16.1 Å². The first-order valence-corrected chi connectivity index (χ1v) is 10.5. The highest BCUT2D eigenvalue weighted by Gasteiger charge is 2.30. The second kappa shape index (κ2) is 9.91. The summed E-state index contributed by atoms with van der Waals surface area (Å²) in [5.41, 5.74) is 1.08. The summed E-state index contributed by atoms with van der Waals surface area (Å²) in [7, 11) is -3.14. The van der Waals surface area contributed by atoms with Crippen LogP contribution in [-0.4, -0.2) is 43.5 Å². The molecular formula is C15H29IN4O2S2. The average Bonchev–Trinajstić information content (AvgIpc) is 2.89. The molecule has 0 bridgehead atoms. The maximum Gasteiger partial charge on any atom is 0.191 e. The van der Waals surface area contributed by atoms with Crippen molar-refractivity contribution in [1.82, 2.24) is 15.6 Å². The quantitative estimate of drug-likeness (QED) is 0.351. The van der Waals surface area contributed by atoms with Crippen molar-refractivity contribution in [2.75, 3.05) is 19.3 Å². The van der Waals surface area contributed by atoms with Crippen LogP contribution in [-0.2, 0) is 16.4 Å². The highest BCUT2D eigenvalue weighted by atomic mass is 127. The number of nitrogens with one attached hydrogen (secondary N) is 2. The zero-order valence-electron chi connectivity index (χ0n) is 15.2. The lowest BCUT2D eigenvalue weighted by molar-refractivity contribution is 0.544. The Kier molecular flexibility index (Phi) is 9.73. The van der Waals surface area contributed by atoms with Gasteiger partial charge in [-0.3, -0.25) is 0 Å². The molecule has 24 heavy (non-hydrogen) atoms. The van der Waals surface area contributed by atoms with Gasteiger partial charge in [-0.1, -0.05) is 13.8 Å². The largest absolute Gasteiger partial charge is 0.357 e. The molecule has 6 nitrogen and oxygen atoms in total. The summed E-state index contributed by atoms with van der Waals surface area (Å²) in [5, 5.41) is 9.24. The Morgan fingerprint density at radius 2 is 2.00 bits per heavy atom. The molecule has 0 aromatic carbocycles. The van der Waals surface area contributed by atoms with Crippen LogP contribution in [0.25, 0.3) is 0 Å². The van der Waals surface area contributed by atoms with E-state index in [1.165, 1.54) is 6.26 Å². The molecule has 0 spiro atoms. The number of sulfone groups is 1. The maximum absolute atomic E-state index is 11.8. The summed E-state index contributed by atoms with van der Waals surface area (Å²) in [6.45, 7) is 11.1. The monoisotopic (exact) mass is 488 g/mol. The summed E-state index contributed by atoms with van der Waals surface area (Å²) in [5.74, 6) is 1.01. The Morgan fingerprint density at radius 1 is 1.38 bits per heavy atom. The van der Waals surface area contributed by atoms with Gasteiger partial charge < -0.3 is 10.6 Å². The van der Waals surface area contributed by atoms with Crippen LogP contribution in [0.1, 0.15) is 51.2 Å². The lowest BCUT2D eigenvalue weighted by Gasteiger charge is -2.24. The van der Waals surface area contributed by atoms with E-state index < -0.39 is 14.6 Å². The van der Waals surface area contributed by atoms with E-state index in [-0.39, 0.29) is 24.0 Å². The van der Waals surface area contributed by atoms with Gasteiger partial charge in [0.05, 0.1) is 17.0 Å². The van der Waals surface area contributed by atoms with Crippen molar-refractivity contribution in [1.29, 1.82) is 0 Å². The zero-order chi connectivity index (χ0) is 17.7. The van der Waals surface area contributed by atoms with Gasteiger partial charge in [0.2, 0.25) is 0 Å². The van der Waals surface area contributed by atoms with Crippen LogP contribution in [0.3, 0.4) is 0 Å². The van der Waals surface area contributed by atoms with Crippen LogP contribution in [0.4, 0.5) is 0 Å². The number of hydrogen-bond donors (Lipinski definition) is 2. The minimum Gasteiger partial charge on any atom is -0.357 e. The first-order valence-electron chi connectivity index (χ1n) is 7.73. The Hall–Kier alpha value is -0.420. The molecule has 1 aromatic heterocycles. The number of nitrogens with zero attached hydrogens (tertiary/aromatic N) is 2. The second-order valence-corrected chi connectivity index (χ2v) is 9.99. The molecule has 0 unspecified atom stereocenters. The zero-order valence-corrected chi connectivity index (χ0v) is 19.2. The minimum absolute atomic E-state index is 0. The van der Waals surface area contributed by atoms with E-state index in [1.807, 2.05) is 6.92 Å². The van der Waals surface area contributed by atoms with Crippen molar-refractivity contribution >= 4 is 51.1 Å². The molecule has 0 aliphatic rings. The van der Waals surface area contributed by atoms with Crippen LogP contribution < -0.4 is 10.6 Å². The molecule has 0 fully saturated rings. The van der Waals surface area contributed by atoms with E-state index in [9.17, 15) is 8.42 Å². The van der Waals surface area contributed by atoms with Crippen molar-refractivity contribution in [3.63, 3.8) is 0 Å². The Morgan fingerprint density at radius 3 is 2.46 bits per heavy atom. The van der Waals surface area contributed by atoms with Crippen molar-refractivity contribution in [2.24, 2.45) is 4.99 Å². The normalized spacial score (nSPS) is 12.9. The van der Waals surface area contributed by atoms with Gasteiger partial charge in [-0.25, -0.2) is 18.4 Å². The highest BCUT2D eigenvalue weighted by Crippen LogP contribution is 2.18. The smallest absolute Gasteiger partial charge is 0.191 e. The topological polar surface area (TPSA) is 83.4 Å². The third-order valence-corrected chi connectivity index (χ3v) is 6.57. The first kappa shape index (κ1) is 23.6. The van der Waals surface area contributed by atoms with Gasteiger partial charge in [0, 0.05) is 24.7 Å². The summed E-state index contributed by atoms with van der Waals surface area (Å²) < 4.78 is 22.7. The number of aromatic nitrogens is 1. The van der Waals surface area contributed by atoms with Gasteiger partial charge in [-0.2, -0.15) is 0 Å². The number of rotatable bonds is 7. The Labute approximate surface area is 166 Å². The van der Waals surface area contributed by atoms with Crippen molar-refractivity contribution in [3.8, 4) is 0 Å². The molecule has 0 atom stereocenters. The van der Waals surface area contributed by atoms with E-state index in [1.54, 1.807) is 25.2 Å². The number of aliphatic imine (C=N–C) groups is 1. The predicted octanol–water partition coefficient (Wildman–Crippen LogP) is 2.76. The first-order chi connectivity index (χ1) is 10.6. The number of thiazole rings is 1. The van der Waals surface area contributed by atoms with E-state index >= 15 is 0 Å². The van der Waals surface area contributed by atoms with Crippen molar-refractivity contribution in [2.45, 2.75) is 51.8 Å². The van der Waals surface area contributed by atoms with Crippen LogP contribution in [0, 0.1) is 0 Å². The van der Waals surface area contributed by atoms with Gasteiger partial charge in [-0.15, -0.1) is 35.3 Å². The van der Waals surface area contributed by atoms with E-state index in [0.29, 0.717) is 31.5 Å². The maximum atomic E-state index is 11.8. The number of halogens is 1. The van der Waals surface area contributed by atoms with Crippen LogP contribution in [0.15, 0.2) is 10.4 Å². The lowest BCUT2D eigenvalue weighted by Crippen LogP contribution is -2.47. The molecule has 0 saturated carbocycles. The standard InChI is InChI=1S/C15H28N4O2S2.HI/c1-7-16-14(18-10-15(4,5)23(6,20)21)17-8-13-19-12(9-22-13)11(2)3;/h9,11H,7-8,10H2,1-6H3,(H2,16,17,18);1H. The third kappa shape index (κ3) is 7.22. The average molecular weight is 488 g/mol. The Balaban J connectivity index is 0.00000529. The molecule has 0 radical (unpaired) electrons. The summed E-state index contributed by atoms with van der Waals surface area (Å²) in [6.07, 6.45) is 1.25. The number of hydrogen-bond acceptors (Lipinski definition) is 5. The van der Waals surface area contributed by atoms with E-state index in [2.05, 4.69) is 39.8 Å². The van der Waals surface area contributed by atoms with Crippen molar-refractivity contribution < 1.29 is 8.42 Å². The molecule has 1 heterocycles. The van der Waals surface area contributed by atoms with E-state index in [0.717, 1.165) is 10.7 Å². The van der Waals surface area contributed by atoms with Crippen LogP contribution in [0.5, 0.6) is 0 Å². The Bertz CT molecular complexity index is 640. The molecule has 0 saturated heterocycles. The third-order valence-electron chi connectivity index (χ3n) is 3.56. The number of guanidine groups is 1. The van der Waals surface area contributed by atoms with Gasteiger partial charge >= 0.3 is 0 Å². The SMILES string of the molecule is CCNC(=NCc1nc(C(C)C)cs1)NCC(C)(C)S(C)(=O)=O.I. The molecule has 2 N–H and O–H groups in total. The predicted molar refractivity (Wildman–Crippen MR) is 113 cm³/mol. The molecule has 0 aliphatic heterocycles. The lowest BCUT2D eigenvalue weighted by atomic mass is 10.2. The molecule has 9 heteroatoms. The molecule has 0 aliphatic carbocycles. The molecular weight excluding hydrogens is 459 g/mol. The van der Waals surface area contributed by atoms with Crippen LogP contribution in [0.2, 0.25) is 0 Å². The van der Waals surface area contributed by atoms with Gasteiger partial charge in [0.1, 0.15) is 5.01 Å². The summed E-state index contributed by atoms with van der Waals surface area (Å²) >= 11 is 1.60. The fourth-order valence-electron chi connectivity index (χ4n) is 1.58. The second-order valence-electron chi connectivity index (χ2n) is 6.40. The fourth-order valence-corrected chi connectivity index (χ4v) is 2.79. The fraction of sp³-hybridized carbons (Fsp3) is 0.733. The highest BCUT2D eigenvalue weighted by molar-refractivity contribution is 14.0. The summed E-state index contributed by atoms with van der Waals surface area (Å²) in [4.78, 5) is 9.04. The van der Waals surface area contributed by atoms with Gasteiger partial charge in [-0.05, 0) is 26.7 Å². The van der Waals surface area contributed by atoms with Gasteiger partial charge in [0.25, 0.3) is 0 Å². The van der Waals surface area contributed by atoms with Gasteiger partial charge in [0.15, 0.2) is 15.8 Å². The molecule has 1 rings (SSSR count). The molecule has 0 amide bonds. The summed E-state index contributed by atoms with van der Waals surface area (Å²) in [6, 6.07) is 0.